The third-order valence-electron chi connectivity index (χ3n) is 3.27. The van der Waals surface area contributed by atoms with Crippen LogP contribution in [0.2, 0.25) is 0 Å². The minimum Gasteiger partial charge on any atom is -0.338 e. The van der Waals surface area contributed by atoms with Gasteiger partial charge in [0.15, 0.2) is 0 Å². The van der Waals surface area contributed by atoms with Crippen molar-refractivity contribution in [3.63, 3.8) is 0 Å². The van der Waals surface area contributed by atoms with Crippen molar-refractivity contribution in [3.8, 4) is 0 Å². The van der Waals surface area contributed by atoms with Crippen LogP contribution in [0.3, 0.4) is 0 Å². The fourth-order valence-electron chi connectivity index (χ4n) is 2.32. The first-order valence-electron chi connectivity index (χ1n) is 7.07. The highest BCUT2D eigenvalue weighted by Gasteiger charge is 2.17. The van der Waals surface area contributed by atoms with Crippen molar-refractivity contribution in [2.24, 2.45) is 0 Å². The molecule has 0 aliphatic carbocycles. The standard InChI is InChI=1S/C14H19NO.C2H6/c1-3-4-12-5-6-14-10-15(11(2)16)8-7-13(14)9-12;1-2/h5-6,9H,3-4,7-8,10H2,1-2H3;1-2H3. The second-order valence-electron chi connectivity index (χ2n) is 4.54. The molecule has 18 heavy (non-hydrogen) atoms. The van der Waals surface area contributed by atoms with Crippen molar-refractivity contribution in [3.05, 3.63) is 34.9 Å². The smallest absolute Gasteiger partial charge is 0.219 e. The van der Waals surface area contributed by atoms with Crippen molar-refractivity contribution in [1.82, 2.24) is 4.90 Å². The van der Waals surface area contributed by atoms with Gasteiger partial charge < -0.3 is 4.90 Å². The molecule has 0 N–H and O–H groups in total. The molecule has 1 aromatic rings. The van der Waals surface area contributed by atoms with E-state index in [2.05, 4.69) is 25.1 Å². The molecular formula is C16H25NO. The van der Waals surface area contributed by atoms with Crippen LogP contribution in [0.25, 0.3) is 0 Å². The average molecular weight is 247 g/mol. The predicted octanol–water partition coefficient (Wildman–Crippen LogP) is 3.57. The Labute approximate surface area is 111 Å². The summed E-state index contributed by atoms with van der Waals surface area (Å²) in [5.74, 6) is 0.184. The molecule has 100 valence electrons. The molecule has 2 rings (SSSR count). The second-order valence-corrected chi connectivity index (χ2v) is 4.54. The molecular weight excluding hydrogens is 222 g/mol. The van der Waals surface area contributed by atoms with Crippen LogP contribution in [0.5, 0.6) is 0 Å². The maximum atomic E-state index is 11.3. The quantitative estimate of drug-likeness (QED) is 0.782. The molecule has 0 saturated carbocycles. The van der Waals surface area contributed by atoms with Crippen molar-refractivity contribution in [1.29, 1.82) is 0 Å². The highest BCUT2D eigenvalue weighted by Crippen LogP contribution is 2.21. The van der Waals surface area contributed by atoms with E-state index in [0.717, 1.165) is 25.9 Å². The first-order chi connectivity index (χ1) is 8.70. The van der Waals surface area contributed by atoms with Gasteiger partial charge in [0.1, 0.15) is 0 Å². The van der Waals surface area contributed by atoms with E-state index in [0.29, 0.717) is 0 Å². The maximum Gasteiger partial charge on any atom is 0.219 e. The molecule has 0 unspecified atom stereocenters. The van der Waals surface area contributed by atoms with E-state index in [9.17, 15) is 4.79 Å². The van der Waals surface area contributed by atoms with Gasteiger partial charge in [0, 0.05) is 20.0 Å². The van der Waals surface area contributed by atoms with Crippen molar-refractivity contribution >= 4 is 5.91 Å². The number of hydrogen-bond donors (Lipinski definition) is 0. The summed E-state index contributed by atoms with van der Waals surface area (Å²) in [5.41, 5.74) is 4.18. The number of hydrogen-bond acceptors (Lipinski definition) is 1. The summed E-state index contributed by atoms with van der Waals surface area (Å²) >= 11 is 0. The van der Waals surface area contributed by atoms with Gasteiger partial charge in [0.2, 0.25) is 5.91 Å². The molecule has 0 fully saturated rings. The van der Waals surface area contributed by atoms with E-state index in [-0.39, 0.29) is 5.91 Å². The van der Waals surface area contributed by atoms with E-state index in [1.54, 1.807) is 6.92 Å². The summed E-state index contributed by atoms with van der Waals surface area (Å²) in [6.07, 6.45) is 3.36. The lowest BCUT2D eigenvalue weighted by atomic mass is 9.96. The van der Waals surface area contributed by atoms with Crippen molar-refractivity contribution in [2.75, 3.05) is 6.54 Å². The SMILES string of the molecule is CC.CCCc1ccc2c(c1)CCN(C(C)=O)C2. The number of amides is 1. The van der Waals surface area contributed by atoms with Crippen molar-refractivity contribution < 1.29 is 4.79 Å². The summed E-state index contributed by atoms with van der Waals surface area (Å²) in [5, 5.41) is 0. The minimum atomic E-state index is 0.184. The molecule has 0 atom stereocenters. The molecule has 0 bridgehead atoms. The fourth-order valence-corrected chi connectivity index (χ4v) is 2.32. The molecule has 0 radical (unpaired) electrons. The van der Waals surface area contributed by atoms with Crippen LogP contribution in [-0.2, 0) is 24.2 Å². The highest BCUT2D eigenvalue weighted by molar-refractivity contribution is 5.73. The molecule has 1 aliphatic rings. The number of carbonyl (C=O) groups excluding carboxylic acids is 1. The number of aryl methyl sites for hydroxylation is 1. The Morgan fingerprint density at radius 2 is 2.00 bits per heavy atom. The largest absolute Gasteiger partial charge is 0.338 e. The summed E-state index contributed by atoms with van der Waals surface area (Å²) < 4.78 is 0. The van der Waals surface area contributed by atoms with E-state index in [1.807, 2.05) is 18.7 Å². The van der Waals surface area contributed by atoms with Crippen LogP contribution >= 0.6 is 0 Å². The number of benzene rings is 1. The highest BCUT2D eigenvalue weighted by atomic mass is 16.2. The molecule has 1 heterocycles. The molecule has 0 spiro atoms. The summed E-state index contributed by atoms with van der Waals surface area (Å²) in [6.45, 7) is 9.52. The molecule has 0 saturated heterocycles. The average Bonchev–Trinajstić information content (AvgIpc) is 2.40. The lowest BCUT2D eigenvalue weighted by Crippen LogP contribution is -2.34. The number of rotatable bonds is 2. The lowest BCUT2D eigenvalue weighted by molar-refractivity contribution is -0.129. The van der Waals surface area contributed by atoms with E-state index in [4.69, 9.17) is 0 Å². The van der Waals surface area contributed by atoms with Gasteiger partial charge in [0.05, 0.1) is 0 Å². The number of nitrogens with zero attached hydrogens (tertiary/aromatic N) is 1. The van der Waals surface area contributed by atoms with Crippen LogP contribution < -0.4 is 0 Å². The first-order valence-corrected chi connectivity index (χ1v) is 7.07. The van der Waals surface area contributed by atoms with Gasteiger partial charge in [-0.2, -0.15) is 0 Å². The van der Waals surface area contributed by atoms with Gasteiger partial charge in [-0.25, -0.2) is 0 Å². The minimum absolute atomic E-state index is 0.184. The Morgan fingerprint density at radius 3 is 2.61 bits per heavy atom. The fraction of sp³-hybridized carbons (Fsp3) is 0.562. The Kier molecular flexibility index (Phi) is 5.90. The van der Waals surface area contributed by atoms with Crippen molar-refractivity contribution in [2.45, 2.75) is 53.5 Å². The molecule has 2 heteroatoms. The Balaban J connectivity index is 0.000000771. The zero-order valence-corrected chi connectivity index (χ0v) is 12.1. The van der Waals surface area contributed by atoms with E-state index >= 15 is 0 Å². The Hall–Kier alpha value is -1.31. The lowest BCUT2D eigenvalue weighted by Gasteiger charge is -2.28. The summed E-state index contributed by atoms with van der Waals surface area (Å²) in [4.78, 5) is 13.2. The second kappa shape index (κ2) is 7.20. The third-order valence-corrected chi connectivity index (χ3v) is 3.27. The molecule has 2 nitrogen and oxygen atoms in total. The van der Waals surface area contributed by atoms with Gasteiger partial charge in [0.25, 0.3) is 0 Å². The van der Waals surface area contributed by atoms with Crippen LogP contribution in [-0.4, -0.2) is 17.4 Å². The van der Waals surface area contributed by atoms with Gasteiger partial charge in [-0.1, -0.05) is 45.4 Å². The molecule has 1 aromatic carbocycles. The summed E-state index contributed by atoms with van der Waals surface area (Å²) in [7, 11) is 0. The maximum absolute atomic E-state index is 11.3. The zero-order valence-electron chi connectivity index (χ0n) is 12.1. The first kappa shape index (κ1) is 14.7. The number of carbonyl (C=O) groups is 1. The predicted molar refractivity (Wildman–Crippen MR) is 76.6 cm³/mol. The molecule has 0 aromatic heterocycles. The topological polar surface area (TPSA) is 20.3 Å². The van der Waals surface area contributed by atoms with Crippen LogP contribution in [0.1, 0.15) is 50.8 Å². The van der Waals surface area contributed by atoms with Gasteiger partial charge in [-0.05, 0) is 29.5 Å². The van der Waals surface area contributed by atoms with Crippen LogP contribution in [0.15, 0.2) is 18.2 Å². The normalized spacial score (nSPS) is 13.4. The van der Waals surface area contributed by atoms with Crippen LogP contribution in [0.4, 0.5) is 0 Å². The van der Waals surface area contributed by atoms with Gasteiger partial charge in [-0.3, -0.25) is 4.79 Å². The van der Waals surface area contributed by atoms with E-state index < -0.39 is 0 Å². The van der Waals surface area contributed by atoms with Gasteiger partial charge in [-0.15, -0.1) is 0 Å². The summed E-state index contributed by atoms with van der Waals surface area (Å²) in [6, 6.07) is 6.71. The number of fused-ring (bicyclic) bond motifs is 1. The third kappa shape index (κ3) is 3.59. The monoisotopic (exact) mass is 247 g/mol. The Bertz CT molecular complexity index is 398. The molecule has 1 amide bonds. The molecule has 1 aliphatic heterocycles. The van der Waals surface area contributed by atoms with Gasteiger partial charge >= 0.3 is 0 Å². The van der Waals surface area contributed by atoms with E-state index in [1.165, 1.54) is 23.1 Å². The van der Waals surface area contributed by atoms with Crippen LogP contribution in [0, 0.1) is 0 Å². The Morgan fingerprint density at radius 1 is 1.28 bits per heavy atom. The zero-order chi connectivity index (χ0) is 13.5.